The van der Waals surface area contributed by atoms with Crippen molar-refractivity contribution in [2.24, 2.45) is 0 Å². The summed E-state index contributed by atoms with van der Waals surface area (Å²) in [5.41, 5.74) is 3.19. The van der Waals surface area contributed by atoms with Crippen LogP contribution in [-0.2, 0) is 16.1 Å². The van der Waals surface area contributed by atoms with Crippen molar-refractivity contribution >= 4 is 23.3 Å². The monoisotopic (exact) mass is 402 g/mol. The van der Waals surface area contributed by atoms with Gasteiger partial charge in [0.1, 0.15) is 0 Å². The Morgan fingerprint density at radius 3 is 2.20 bits per heavy atom. The van der Waals surface area contributed by atoms with Crippen LogP contribution in [0.4, 0.5) is 11.4 Å². The average molecular weight is 402 g/mol. The quantitative estimate of drug-likeness (QED) is 0.510. The molecule has 0 radical (unpaired) electrons. The number of benzene rings is 3. The third kappa shape index (κ3) is 5.95. The van der Waals surface area contributed by atoms with E-state index in [9.17, 15) is 9.59 Å². The minimum absolute atomic E-state index is 0.137. The molecule has 0 aliphatic carbocycles. The molecule has 3 aromatic rings. The highest BCUT2D eigenvalue weighted by Crippen LogP contribution is 2.23. The molecule has 3 rings (SSSR count). The zero-order valence-corrected chi connectivity index (χ0v) is 17.1. The van der Waals surface area contributed by atoms with Crippen LogP contribution in [0.25, 0.3) is 0 Å². The molecule has 5 heteroatoms. The van der Waals surface area contributed by atoms with Crippen molar-refractivity contribution in [2.75, 3.05) is 18.5 Å². The minimum Gasteiger partial charge on any atom is -0.466 e. The lowest BCUT2D eigenvalue weighted by molar-refractivity contribution is -0.143. The molecular formula is C25H26N2O3. The van der Waals surface area contributed by atoms with Crippen LogP contribution in [0.5, 0.6) is 0 Å². The molecule has 0 unspecified atom stereocenters. The van der Waals surface area contributed by atoms with Gasteiger partial charge >= 0.3 is 5.97 Å². The Hall–Kier alpha value is -3.60. The van der Waals surface area contributed by atoms with Gasteiger partial charge in [-0.05, 0) is 36.8 Å². The fraction of sp³-hybridized carbons (Fsp3) is 0.200. The molecule has 0 fully saturated rings. The number of nitrogens with one attached hydrogen (secondary N) is 1. The predicted molar refractivity (Wildman–Crippen MR) is 119 cm³/mol. The standard InChI is InChI=1S/C25H26N2O3/c1-2-30-24(28)17-18-27(19-20-11-5-3-6-12-20)25(29)22-15-9-10-16-23(22)26-21-13-7-4-8-14-21/h3-16,26H,2,17-19H2,1H3. The highest BCUT2D eigenvalue weighted by molar-refractivity contribution is 6.00. The number of ether oxygens (including phenoxy) is 1. The summed E-state index contributed by atoms with van der Waals surface area (Å²) in [5, 5.41) is 3.32. The van der Waals surface area contributed by atoms with Crippen molar-refractivity contribution < 1.29 is 14.3 Å². The lowest BCUT2D eigenvalue weighted by Gasteiger charge is -2.24. The number of esters is 1. The van der Waals surface area contributed by atoms with Crippen LogP contribution in [-0.4, -0.2) is 29.9 Å². The number of hydrogen-bond acceptors (Lipinski definition) is 4. The number of carbonyl (C=O) groups excluding carboxylic acids is 2. The third-order valence-corrected chi connectivity index (χ3v) is 4.60. The Labute approximate surface area is 177 Å². The van der Waals surface area contributed by atoms with E-state index in [1.165, 1.54) is 0 Å². The van der Waals surface area contributed by atoms with E-state index in [-0.39, 0.29) is 24.8 Å². The van der Waals surface area contributed by atoms with Crippen molar-refractivity contribution in [1.82, 2.24) is 4.90 Å². The number of anilines is 2. The maximum atomic E-state index is 13.5. The molecule has 0 aliphatic rings. The highest BCUT2D eigenvalue weighted by Gasteiger charge is 2.20. The Morgan fingerprint density at radius 2 is 1.50 bits per heavy atom. The van der Waals surface area contributed by atoms with Crippen molar-refractivity contribution in [3.63, 3.8) is 0 Å². The van der Waals surface area contributed by atoms with Crippen molar-refractivity contribution in [1.29, 1.82) is 0 Å². The zero-order valence-electron chi connectivity index (χ0n) is 17.1. The molecule has 1 N–H and O–H groups in total. The van der Waals surface area contributed by atoms with Crippen molar-refractivity contribution in [3.8, 4) is 0 Å². The maximum absolute atomic E-state index is 13.5. The van der Waals surface area contributed by atoms with E-state index >= 15 is 0 Å². The first-order valence-corrected chi connectivity index (χ1v) is 10.1. The van der Waals surface area contributed by atoms with Gasteiger partial charge in [-0.3, -0.25) is 9.59 Å². The van der Waals surface area contributed by atoms with Crippen LogP contribution >= 0.6 is 0 Å². The Balaban J connectivity index is 1.83. The number of rotatable bonds is 9. The van der Waals surface area contributed by atoms with Gasteiger partial charge < -0.3 is 15.0 Å². The topological polar surface area (TPSA) is 58.6 Å². The molecule has 0 atom stereocenters. The van der Waals surface area contributed by atoms with Crippen molar-refractivity contribution in [3.05, 3.63) is 96.1 Å². The number of nitrogens with zero attached hydrogens (tertiary/aromatic N) is 1. The molecule has 5 nitrogen and oxygen atoms in total. The highest BCUT2D eigenvalue weighted by atomic mass is 16.5. The lowest BCUT2D eigenvalue weighted by Crippen LogP contribution is -2.33. The second-order valence-corrected chi connectivity index (χ2v) is 6.80. The number of amides is 1. The maximum Gasteiger partial charge on any atom is 0.307 e. The largest absolute Gasteiger partial charge is 0.466 e. The second-order valence-electron chi connectivity index (χ2n) is 6.80. The summed E-state index contributed by atoms with van der Waals surface area (Å²) in [5.74, 6) is -0.443. The molecular weight excluding hydrogens is 376 g/mol. The van der Waals surface area contributed by atoms with Crippen LogP contribution in [0.3, 0.4) is 0 Å². The summed E-state index contributed by atoms with van der Waals surface area (Å²) in [7, 11) is 0. The molecule has 0 saturated heterocycles. The molecule has 1 amide bonds. The second kappa shape index (κ2) is 10.8. The van der Waals surface area contributed by atoms with Gasteiger partial charge in [0.05, 0.1) is 24.3 Å². The molecule has 0 aliphatic heterocycles. The van der Waals surface area contributed by atoms with Crippen LogP contribution in [0.1, 0.15) is 29.3 Å². The molecule has 3 aromatic carbocycles. The van der Waals surface area contributed by atoms with Crippen LogP contribution in [0.2, 0.25) is 0 Å². The van der Waals surface area contributed by atoms with E-state index in [0.717, 1.165) is 16.9 Å². The van der Waals surface area contributed by atoms with Gasteiger partial charge in [-0.1, -0.05) is 60.7 Å². The Morgan fingerprint density at radius 1 is 0.867 bits per heavy atom. The van der Waals surface area contributed by atoms with Gasteiger partial charge in [0.25, 0.3) is 5.91 Å². The molecule has 0 spiro atoms. The Bertz CT molecular complexity index is 958. The summed E-state index contributed by atoms with van der Waals surface area (Å²) < 4.78 is 5.04. The van der Waals surface area contributed by atoms with E-state index in [1.807, 2.05) is 78.9 Å². The van der Waals surface area contributed by atoms with Gasteiger partial charge in [0.2, 0.25) is 0 Å². The smallest absolute Gasteiger partial charge is 0.307 e. The van der Waals surface area contributed by atoms with Crippen LogP contribution in [0.15, 0.2) is 84.9 Å². The van der Waals surface area contributed by atoms with Gasteiger partial charge in [-0.25, -0.2) is 0 Å². The van der Waals surface area contributed by atoms with E-state index in [1.54, 1.807) is 17.9 Å². The zero-order chi connectivity index (χ0) is 21.2. The summed E-state index contributed by atoms with van der Waals surface area (Å²) in [6, 6.07) is 26.9. The fourth-order valence-electron chi connectivity index (χ4n) is 3.14. The van der Waals surface area contributed by atoms with Gasteiger partial charge in [0, 0.05) is 18.8 Å². The van der Waals surface area contributed by atoms with Gasteiger partial charge in [0.15, 0.2) is 0 Å². The summed E-state index contributed by atoms with van der Waals surface area (Å²) in [6.07, 6.45) is 0.153. The summed E-state index contributed by atoms with van der Waals surface area (Å²) in [4.78, 5) is 27.1. The molecule has 0 heterocycles. The molecule has 30 heavy (non-hydrogen) atoms. The minimum atomic E-state index is -0.306. The normalized spacial score (nSPS) is 10.3. The van der Waals surface area contributed by atoms with E-state index in [0.29, 0.717) is 18.7 Å². The third-order valence-electron chi connectivity index (χ3n) is 4.60. The van der Waals surface area contributed by atoms with E-state index in [2.05, 4.69) is 5.32 Å². The predicted octanol–water partition coefficient (Wildman–Crippen LogP) is 5.03. The van der Waals surface area contributed by atoms with Gasteiger partial charge in [-0.2, -0.15) is 0 Å². The van der Waals surface area contributed by atoms with Crippen LogP contribution in [0, 0.1) is 0 Å². The summed E-state index contributed by atoms with van der Waals surface area (Å²) >= 11 is 0. The number of para-hydroxylation sites is 2. The molecule has 0 bridgehead atoms. The summed E-state index contributed by atoms with van der Waals surface area (Å²) in [6.45, 7) is 2.80. The lowest BCUT2D eigenvalue weighted by atomic mass is 10.1. The van der Waals surface area contributed by atoms with E-state index in [4.69, 9.17) is 4.74 Å². The van der Waals surface area contributed by atoms with Crippen LogP contribution < -0.4 is 5.32 Å². The SMILES string of the molecule is CCOC(=O)CCN(Cc1ccccc1)C(=O)c1ccccc1Nc1ccccc1. The van der Waals surface area contributed by atoms with Gasteiger partial charge in [-0.15, -0.1) is 0 Å². The molecule has 154 valence electrons. The average Bonchev–Trinajstić information content (AvgIpc) is 2.78. The molecule has 0 aromatic heterocycles. The van der Waals surface area contributed by atoms with Crippen molar-refractivity contribution in [2.45, 2.75) is 19.9 Å². The first-order chi connectivity index (χ1) is 14.7. The fourth-order valence-corrected chi connectivity index (χ4v) is 3.14. The molecule has 0 saturated carbocycles. The first-order valence-electron chi connectivity index (χ1n) is 10.1. The number of carbonyl (C=O) groups is 2. The number of hydrogen-bond donors (Lipinski definition) is 1. The van der Waals surface area contributed by atoms with E-state index < -0.39 is 0 Å². The Kier molecular flexibility index (Phi) is 7.61. The first kappa shape index (κ1) is 21.1.